The number of rotatable bonds is 5. The first-order valence-electron chi connectivity index (χ1n) is 7.69. The molecule has 0 spiro atoms. The van der Waals surface area contributed by atoms with Crippen molar-refractivity contribution in [1.29, 1.82) is 0 Å². The summed E-state index contributed by atoms with van der Waals surface area (Å²) < 4.78 is 0. The zero-order valence-corrected chi connectivity index (χ0v) is 15.1. The maximum atomic E-state index is 12.3. The molecule has 126 valence electrons. The molecule has 2 rings (SSSR count). The van der Waals surface area contributed by atoms with Crippen LogP contribution in [0.5, 0.6) is 0 Å². The van der Waals surface area contributed by atoms with Gasteiger partial charge in [-0.25, -0.2) is 0 Å². The molecule has 0 unspecified atom stereocenters. The van der Waals surface area contributed by atoms with Crippen LogP contribution < -0.4 is 10.6 Å². The van der Waals surface area contributed by atoms with E-state index in [1.165, 1.54) is 17.7 Å². The lowest BCUT2D eigenvalue weighted by Gasteiger charge is -2.25. The molecule has 0 radical (unpaired) electrons. The number of halogens is 2. The summed E-state index contributed by atoms with van der Waals surface area (Å²) in [5.74, 6) is 0.626. The first-order chi connectivity index (χ1) is 9.58. The predicted octanol–water partition coefficient (Wildman–Crippen LogP) is 3.62. The lowest BCUT2D eigenvalue weighted by Crippen LogP contribution is -2.41. The first-order valence-corrected chi connectivity index (χ1v) is 7.69. The van der Waals surface area contributed by atoms with E-state index >= 15 is 0 Å². The molecule has 0 aromatic heterocycles. The van der Waals surface area contributed by atoms with Crippen LogP contribution >= 0.6 is 24.8 Å². The number of carbonyl (C=O) groups is 1. The molecule has 0 saturated heterocycles. The molecule has 1 aromatic carbocycles. The van der Waals surface area contributed by atoms with Gasteiger partial charge in [-0.15, -0.1) is 24.8 Å². The Hall–Kier alpha value is -0.770. The average Bonchev–Trinajstić information content (AvgIpc) is 2.61. The Morgan fingerprint density at radius 1 is 1.23 bits per heavy atom. The number of fused-ring (bicyclic) bond motifs is 1. The van der Waals surface area contributed by atoms with Crippen LogP contribution in [-0.4, -0.2) is 24.9 Å². The monoisotopic (exact) mass is 346 g/mol. The molecule has 5 heteroatoms. The molecule has 0 amide bonds. The number of nitrogens with zero attached hydrogens (tertiary/aromatic N) is 1. The number of carbonyl (C=O) groups excluding carboxylic acids is 1. The summed E-state index contributed by atoms with van der Waals surface area (Å²) in [6.45, 7) is 5.62. The highest BCUT2D eigenvalue weighted by atomic mass is 35.5. The first kappa shape index (κ1) is 21.2. The summed E-state index contributed by atoms with van der Waals surface area (Å²) in [5.41, 5.74) is 8.59. The smallest absolute Gasteiger partial charge is 0.168 e. The molecule has 1 aliphatic rings. The highest BCUT2D eigenvalue weighted by molar-refractivity contribution is 5.88. The molecular formula is C17H28Cl2N2O. The van der Waals surface area contributed by atoms with E-state index < -0.39 is 0 Å². The summed E-state index contributed by atoms with van der Waals surface area (Å²) in [5, 5.41) is 0. The topological polar surface area (TPSA) is 46.3 Å². The molecule has 0 saturated carbocycles. The second kappa shape index (κ2) is 10.1. The third kappa shape index (κ3) is 5.79. The maximum absolute atomic E-state index is 12.3. The zero-order chi connectivity index (χ0) is 14.5. The Bertz CT molecular complexity index is 466. The van der Waals surface area contributed by atoms with Crippen LogP contribution in [0.1, 0.15) is 38.7 Å². The van der Waals surface area contributed by atoms with Crippen molar-refractivity contribution < 1.29 is 4.79 Å². The summed E-state index contributed by atoms with van der Waals surface area (Å²) >= 11 is 0. The van der Waals surface area contributed by atoms with Gasteiger partial charge in [0.2, 0.25) is 0 Å². The largest absolute Gasteiger partial charge is 0.364 e. The Labute approximate surface area is 146 Å². The van der Waals surface area contributed by atoms with Gasteiger partial charge in [-0.1, -0.05) is 32.0 Å². The van der Waals surface area contributed by atoms with Crippen molar-refractivity contribution in [3.63, 3.8) is 0 Å². The molecule has 0 fully saturated rings. The van der Waals surface area contributed by atoms with E-state index in [0.29, 0.717) is 12.5 Å². The number of nitrogens with two attached hydrogens (primary N) is 1. The van der Waals surface area contributed by atoms with Gasteiger partial charge in [0.25, 0.3) is 0 Å². The number of hydrogen-bond acceptors (Lipinski definition) is 3. The zero-order valence-electron chi connectivity index (χ0n) is 13.5. The second-order valence-corrected chi connectivity index (χ2v) is 6.21. The van der Waals surface area contributed by atoms with Gasteiger partial charge in [0.05, 0.1) is 12.6 Å². The minimum absolute atomic E-state index is 0. The third-order valence-electron chi connectivity index (χ3n) is 3.94. The molecule has 1 heterocycles. The van der Waals surface area contributed by atoms with Gasteiger partial charge >= 0.3 is 0 Å². The fraction of sp³-hybridized carbons (Fsp3) is 0.588. The fourth-order valence-corrected chi connectivity index (χ4v) is 2.88. The van der Waals surface area contributed by atoms with Gasteiger partial charge in [-0.2, -0.15) is 0 Å². The van der Waals surface area contributed by atoms with Gasteiger partial charge in [0.1, 0.15) is 0 Å². The lowest BCUT2D eigenvalue weighted by molar-refractivity contribution is -0.119. The van der Waals surface area contributed by atoms with E-state index in [-0.39, 0.29) is 36.6 Å². The lowest BCUT2D eigenvalue weighted by atomic mass is 10.0. The number of hydrogen-bond donors (Lipinski definition) is 1. The van der Waals surface area contributed by atoms with Crippen LogP contribution in [0.2, 0.25) is 0 Å². The summed E-state index contributed by atoms with van der Waals surface area (Å²) in [4.78, 5) is 14.5. The Morgan fingerprint density at radius 3 is 2.59 bits per heavy atom. The number of Topliss-reactive ketones (excluding diaryl/α,β-unsaturated/α-hetero) is 1. The number of para-hydroxylation sites is 1. The Balaban J connectivity index is 0.00000220. The molecule has 0 aliphatic carbocycles. The highest BCUT2D eigenvalue weighted by Crippen LogP contribution is 2.26. The Kier molecular flexibility index (Phi) is 9.74. The fourth-order valence-electron chi connectivity index (χ4n) is 2.88. The average molecular weight is 347 g/mol. The van der Waals surface area contributed by atoms with E-state index in [9.17, 15) is 4.79 Å². The van der Waals surface area contributed by atoms with Crippen molar-refractivity contribution >= 4 is 36.3 Å². The summed E-state index contributed by atoms with van der Waals surface area (Å²) in [7, 11) is 0. The van der Waals surface area contributed by atoms with Crippen molar-refractivity contribution in [1.82, 2.24) is 0 Å². The molecule has 0 bridgehead atoms. The van der Waals surface area contributed by atoms with E-state index in [1.54, 1.807) is 0 Å². The Morgan fingerprint density at radius 2 is 1.91 bits per heavy atom. The van der Waals surface area contributed by atoms with Gasteiger partial charge in [-0.05, 0) is 43.2 Å². The van der Waals surface area contributed by atoms with E-state index in [4.69, 9.17) is 5.73 Å². The number of benzene rings is 1. The van der Waals surface area contributed by atoms with Crippen LogP contribution in [0.4, 0.5) is 5.69 Å². The molecule has 1 atom stereocenters. The second-order valence-electron chi connectivity index (χ2n) is 6.21. The van der Waals surface area contributed by atoms with E-state index in [0.717, 1.165) is 25.8 Å². The maximum Gasteiger partial charge on any atom is 0.168 e. The SMILES string of the molecule is CC(C)C[C@H](N)C(=O)CN1CCCCc2ccccc21.Cl.Cl. The third-order valence-corrected chi connectivity index (χ3v) is 3.94. The number of ketones is 1. The minimum atomic E-state index is -0.328. The van der Waals surface area contributed by atoms with Crippen molar-refractivity contribution in [2.75, 3.05) is 18.0 Å². The van der Waals surface area contributed by atoms with Crippen molar-refractivity contribution in [3.05, 3.63) is 29.8 Å². The number of anilines is 1. The molecular weight excluding hydrogens is 319 g/mol. The van der Waals surface area contributed by atoms with Crippen LogP contribution in [0.25, 0.3) is 0 Å². The van der Waals surface area contributed by atoms with Crippen molar-refractivity contribution in [2.24, 2.45) is 11.7 Å². The van der Waals surface area contributed by atoms with Crippen molar-refractivity contribution in [2.45, 2.75) is 45.6 Å². The molecule has 2 N–H and O–H groups in total. The van der Waals surface area contributed by atoms with Crippen LogP contribution in [-0.2, 0) is 11.2 Å². The van der Waals surface area contributed by atoms with Gasteiger partial charge in [-0.3, -0.25) is 4.79 Å². The van der Waals surface area contributed by atoms with Crippen LogP contribution in [0, 0.1) is 5.92 Å². The van der Waals surface area contributed by atoms with Gasteiger partial charge < -0.3 is 10.6 Å². The standard InChI is InChI=1S/C17H26N2O.2ClH/c1-13(2)11-15(18)17(20)12-19-10-6-5-8-14-7-3-4-9-16(14)19;;/h3-4,7,9,13,15H,5-6,8,10-12,18H2,1-2H3;2*1H/t15-;;/m0../s1. The molecule has 1 aliphatic heterocycles. The predicted molar refractivity (Wildman–Crippen MR) is 98.5 cm³/mol. The summed E-state index contributed by atoms with van der Waals surface area (Å²) in [6, 6.07) is 8.10. The molecule has 3 nitrogen and oxygen atoms in total. The molecule has 22 heavy (non-hydrogen) atoms. The molecule has 1 aromatic rings. The normalized spacial score (nSPS) is 15.2. The van der Waals surface area contributed by atoms with E-state index in [2.05, 4.69) is 43.0 Å². The van der Waals surface area contributed by atoms with Gasteiger partial charge in [0.15, 0.2) is 5.78 Å². The highest BCUT2D eigenvalue weighted by Gasteiger charge is 2.21. The van der Waals surface area contributed by atoms with Crippen LogP contribution in [0.15, 0.2) is 24.3 Å². The van der Waals surface area contributed by atoms with E-state index in [1.807, 2.05) is 0 Å². The quantitative estimate of drug-likeness (QED) is 0.885. The minimum Gasteiger partial charge on any atom is -0.364 e. The van der Waals surface area contributed by atoms with Gasteiger partial charge in [0, 0.05) is 12.2 Å². The van der Waals surface area contributed by atoms with Crippen molar-refractivity contribution in [3.8, 4) is 0 Å². The number of aryl methyl sites for hydroxylation is 1. The summed E-state index contributed by atoms with van der Waals surface area (Å²) in [6.07, 6.45) is 4.22. The van der Waals surface area contributed by atoms with Crippen LogP contribution in [0.3, 0.4) is 0 Å².